The van der Waals surface area contributed by atoms with Crippen LogP contribution in [-0.4, -0.2) is 54.9 Å². The summed E-state index contributed by atoms with van der Waals surface area (Å²) in [7, 11) is 0. The molecule has 0 fully saturated rings. The zero-order chi connectivity index (χ0) is 25.3. The lowest BCUT2D eigenvalue weighted by atomic mass is 9.59. The first-order valence-corrected chi connectivity index (χ1v) is 11.0. The smallest absolute Gasteiger partial charge is 0.209 e. The molecule has 9 heteroatoms. The Labute approximate surface area is 194 Å². The SMILES string of the molecule is CCC(=O)C1=C(O)CC2CC3Cc4c(C(C)=O)cc(C(C)=O)c(O)c4C(=O)C3=C(O)C2(O)C1=O. The van der Waals surface area contributed by atoms with Crippen molar-refractivity contribution in [2.45, 2.75) is 52.1 Å². The average molecular weight is 468 g/mol. The number of hydrogen-bond acceptors (Lipinski definition) is 9. The number of Topliss-reactive ketones (excluding diaryl/α,β-unsaturated/α-hetero) is 5. The lowest BCUT2D eigenvalue weighted by Gasteiger charge is -2.45. The third kappa shape index (κ3) is 3.00. The third-order valence-electron chi connectivity index (χ3n) is 7.17. The van der Waals surface area contributed by atoms with Crippen LogP contribution >= 0.6 is 0 Å². The van der Waals surface area contributed by atoms with Gasteiger partial charge < -0.3 is 20.4 Å². The van der Waals surface area contributed by atoms with Crippen LogP contribution in [0.5, 0.6) is 5.75 Å². The van der Waals surface area contributed by atoms with Gasteiger partial charge in [-0.2, -0.15) is 0 Å². The van der Waals surface area contributed by atoms with Gasteiger partial charge in [-0.25, -0.2) is 0 Å². The number of hydrogen-bond donors (Lipinski definition) is 4. The fourth-order valence-corrected chi connectivity index (χ4v) is 5.48. The number of phenolic OH excluding ortho intramolecular Hbond substituents is 1. The molecule has 0 bridgehead atoms. The maximum absolute atomic E-state index is 13.5. The first-order chi connectivity index (χ1) is 15.9. The molecular weight excluding hydrogens is 444 g/mol. The lowest BCUT2D eigenvalue weighted by Crippen LogP contribution is -2.56. The molecule has 3 atom stereocenters. The highest BCUT2D eigenvalue weighted by Crippen LogP contribution is 2.52. The summed E-state index contributed by atoms with van der Waals surface area (Å²) >= 11 is 0. The number of allylic oxidation sites excluding steroid dienone is 2. The summed E-state index contributed by atoms with van der Waals surface area (Å²) in [5, 5.41) is 43.5. The molecule has 1 aromatic carbocycles. The Bertz CT molecular complexity index is 1280. The van der Waals surface area contributed by atoms with E-state index in [1.165, 1.54) is 19.9 Å². The zero-order valence-electron chi connectivity index (χ0n) is 18.9. The monoisotopic (exact) mass is 468 g/mol. The highest BCUT2D eigenvalue weighted by molar-refractivity contribution is 6.25. The van der Waals surface area contributed by atoms with Crippen LogP contribution in [0, 0.1) is 11.8 Å². The van der Waals surface area contributed by atoms with Gasteiger partial charge in [0.2, 0.25) is 5.78 Å². The van der Waals surface area contributed by atoms with Crippen molar-refractivity contribution in [1.29, 1.82) is 0 Å². The summed E-state index contributed by atoms with van der Waals surface area (Å²) in [6, 6.07) is 1.24. The molecule has 0 aliphatic heterocycles. The van der Waals surface area contributed by atoms with Gasteiger partial charge in [0.1, 0.15) is 22.8 Å². The number of phenols is 1. The van der Waals surface area contributed by atoms with Crippen LogP contribution in [-0.2, 0) is 16.0 Å². The summed E-state index contributed by atoms with van der Waals surface area (Å²) in [5.41, 5.74) is -3.77. The maximum Gasteiger partial charge on any atom is 0.209 e. The Morgan fingerprint density at radius 2 is 1.65 bits per heavy atom. The van der Waals surface area contributed by atoms with Gasteiger partial charge in [0, 0.05) is 29.9 Å². The molecule has 178 valence electrons. The predicted octanol–water partition coefficient (Wildman–Crippen LogP) is 2.48. The maximum atomic E-state index is 13.5. The molecule has 3 aliphatic rings. The van der Waals surface area contributed by atoms with Crippen LogP contribution in [0.2, 0.25) is 0 Å². The van der Waals surface area contributed by atoms with Crippen molar-refractivity contribution in [3.63, 3.8) is 0 Å². The number of aliphatic hydroxyl groups excluding tert-OH is 2. The molecule has 3 aliphatic carbocycles. The summed E-state index contributed by atoms with van der Waals surface area (Å²) in [6.45, 7) is 3.90. The molecule has 9 nitrogen and oxygen atoms in total. The lowest BCUT2D eigenvalue weighted by molar-refractivity contribution is -0.144. The molecule has 0 saturated carbocycles. The van der Waals surface area contributed by atoms with Crippen LogP contribution in [0.3, 0.4) is 0 Å². The Balaban J connectivity index is 1.96. The van der Waals surface area contributed by atoms with E-state index in [0.717, 1.165) is 6.92 Å². The molecule has 1 aromatic rings. The van der Waals surface area contributed by atoms with E-state index in [-0.39, 0.29) is 53.5 Å². The molecular formula is C25H24O9. The topological polar surface area (TPSA) is 166 Å². The fraction of sp³-hybridized carbons (Fsp3) is 0.400. The van der Waals surface area contributed by atoms with Crippen molar-refractivity contribution in [2.75, 3.05) is 0 Å². The van der Waals surface area contributed by atoms with Crippen molar-refractivity contribution < 1.29 is 44.4 Å². The number of aromatic hydroxyl groups is 1. The number of carbonyl (C=O) groups excluding carboxylic acids is 5. The van der Waals surface area contributed by atoms with E-state index in [9.17, 15) is 44.4 Å². The van der Waals surface area contributed by atoms with Gasteiger partial charge in [-0.05, 0) is 44.2 Å². The predicted molar refractivity (Wildman–Crippen MR) is 117 cm³/mol. The van der Waals surface area contributed by atoms with E-state index < -0.39 is 69.2 Å². The number of fused-ring (bicyclic) bond motifs is 3. The highest BCUT2D eigenvalue weighted by atomic mass is 16.3. The Hall–Kier alpha value is -3.59. The third-order valence-corrected chi connectivity index (χ3v) is 7.17. The van der Waals surface area contributed by atoms with E-state index in [1.54, 1.807) is 0 Å². The largest absolute Gasteiger partial charge is 0.511 e. The van der Waals surface area contributed by atoms with Gasteiger partial charge in [0.25, 0.3) is 0 Å². The second-order valence-electron chi connectivity index (χ2n) is 9.11. The quantitative estimate of drug-likeness (QED) is 0.383. The van der Waals surface area contributed by atoms with E-state index >= 15 is 0 Å². The van der Waals surface area contributed by atoms with E-state index in [0.29, 0.717) is 0 Å². The summed E-state index contributed by atoms with van der Waals surface area (Å²) in [5.74, 6) is -7.58. The van der Waals surface area contributed by atoms with Crippen LogP contribution < -0.4 is 0 Å². The fourth-order valence-electron chi connectivity index (χ4n) is 5.48. The molecule has 4 rings (SSSR count). The van der Waals surface area contributed by atoms with E-state index in [1.807, 2.05) is 0 Å². The molecule has 0 heterocycles. The Kier molecular flexibility index (Phi) is 5.36. The molecule has 0 spiro atoms. The highest BCUT2D eigenvalue weighted by Gasteiger charge is 2.59. The van der Waals surface area contributed by atoms with Gasteiger partial charge in [-0.3, -0.25) is 24.0 Å². The molecule has 3 unspecified atom stereocenters. The number of ketones is 5. The van der Waals surface area contributed by atoms with E-state index in [4.69, 9.17) is 0 Å². The minimum atomic E-state index is -2.59. The Morgan fingerprint density at radius 3 is 2.21 bits per heavy atom. The average Bonchev–Trinajstić information content (AvgIpc) is 2.75. The Morgan fingerprint density at radius 1 is 1.03 bits per heavy atom. The van der Waals surface area contributed by atoms with Crippen molar-refractivity contribution in [3.05, 3.63) is 51.0 Å². The molecule has 4 N–H and O–H groups in total. The molecule has 0 aromatic heterocycles. The number of rotatable bonds is 4. The van der Waals surface area contributed by atoms with Gasteiger partial charge in [0.15, 0.2) is 28.7 Å². The summed E-state index contributed by atoms with van der Waals surface area (Å²) in [4.78, 5) is 63.3. The molecule has 0 saturated heterocycles. The zero-order valence-corrected chi connectivity index (χ0v) is 18.9. The van der Waals surface area contributed by atoms with Crippen LogP contribution in [0.4, 0.5) is 0 Å². The van der Waals surface area contributed by atoms with E-state index in [2.05, 4.69) is 0 Å². The first kappa shape index (κ1) is 23.6. The summed E-state index contributed by atoms with van der Waals surface area (Å²) in [6.07, 6.45) is -0.357. The first-order valence-electron chi connectivity index (χ1n) is 11.0. The van der Waals surface area contributed by atoms with Crippen molar-refractivity contribution >= 4 is 28.9 Å². The van der Waals surface area contributed by atoms with Crippen molar-refractivity contribution in [1.82, 2.24) is 0 Å². The van der Waals surface area contributed by atoms with Crippen molar-refractivity contribution in [2.24, 2.45) is 11.8 Å². The molecule has 0 radical (unpaired) electrons. The number of benzene rings is 1. The number of carbonyl (C=O) groups is 5. The minimum absolute atomic E-state index is 0.00294. The van der Waals surface area contributed by atoms with Crippen molar-refractivity contribution in [3.8, 4) is 5.75 Å². The van der Waals surface area contributed by atoms with Gasteiger partial charge >= 0.3 is 0 Å². The molecule has 0 amide bonds. The second-order valence-corrected chi connectivity index (χ2v) is 9.11. The molecule has 34 heavy (non-hydrogen) atoms. The standard InChI is InChI=1S/C25H24O9/c1-4-16(28)20-17(29)7-12-5-11-6-15-13(9(2)26)8-14(10(3)27)21(30)19(15)22(31)18(11)23(32)25(12,34)24(20)33/h8,11-12,29-30,32,34H,4-7H2,1-3H3. The van der Waals surface area contributed by atoms with Crippen LogP contribution in [0.25, 0.3) is 0 Å². The van der Waals surface area contributed by atoms with Crippen LogP contribution in [0.15, 0.2) is 28.7 Å². The second kappa shape index (κ2) is 7.73. The number of aliphatic hydroxyl groups is 3. The van der Waals surface area contributed by atoms with Gasteiger partial charge in [-0.1, -0.05) is 6.92 Å². The summed E-state index contributed by atoms with van der Waals surface area (Å²) < 4.78 is 0. The normalized spacial score (nSPS) is 26.1. The van der Waals surface area contributed by atoms with Gasteiger partial charge in [0.05, 0.1) is 11.1 Å². The van der Waals surface area contributed by atoms with Crippen LogP contribution in [0.1, 0.15) is 76.7 Å². The minimum Gasteiger partial charge on any atom is -0.511 e. The van der Waals surface area contributed by atoms with Gasteiger partial charge in [-0.15, -0.1) is 0 Å².